The van der Waals surface area contributed by atoms with E-state index in [0.29, 0.717) is 0 Å². The Kier molecular flexibility index (Phi) is 8.07. The van der Waals surface area contributed by atoms with Crippen LogP contribution in [0.1, 0.15) is 47.2 Å². The molecule has 5 aromatic rings. The van der Waals surface area contributed by atoms with Crippen molar-refractivity contribution in [3.63, 3.8) is 0 Å². The van der Waals surface area contributed by atoms with Crippen molar-refractivity contribution in [3.8, 4) is 0 Å². The summed E-state index contributed by atoms with van der Waals surface area (Å²) < 4.78 is 0. The largest absolute Gasteiger partial charge is 0.310 e. The molecule has 202 valence electrons. The fraction of sp³-hybridized carbons (Fsp3) is 0.211. The minimum Gasteiger partial charge on any atom is -0.310 e. The number of hydrogen-bond donors (Lipinski definition) is 0. The van der Waals surface area contributed by atoms with E-state index in [4.69, 9.17) is 0 Å². The fourth-order valence-corrected chi connectivity index (χ4v) is 5.28. The molecule has 0 bridgehead atoms. The molecule has 0 aliphatic heterocycles. The summed E-state index contributed by atoms with van der Waals surface area (Å²) in [4.78, 5) is 4.84. The van der Waals surface area contributed by atoms with Gasteiger partial charge in [-0.25, -0.2) is 0 Å². The van der Waals surface area contributed by atoms with Crippen LogP contribution in [0, 0.1) is 27.7 Å². The third-order valence-electron chi connectivity index (χ3n) is 7.69. The minimum absolute atomic E-state index is 0.927. The van der Waals surface area contributed by atoms with Gasteiger partial charge < -0.3 is 9.80 Å². The van der Waals surface area contributed by atoms with Gasteiger partial charge in [0.15, 0.2) is 0 Å². The van der Waals surface area contributed by atoms with Crippen LogP contribution >= 0.6 is 0 Å². The van der Waals surface area contributed by atoms with Crippen LogP contribution in [-0.2, 0) is 12.8 Å². The van der Waals surface area contributed by atoms with E-state index < -0.39 is 0 Å². The molecule has 0 aliphatic rings. The number of nitrogens with zero attached hydrogens (tertiary/aromatic N) is 2. The predicted octanol–water partition coefficient (Wildman–Crippen LogP) is 11.0. The molecule has 0 aromatic heterocycles. The van der Waals surface area contributed by atoms with Crippen molar-refractivity contribution in [3.05, 3.63) is 143 Å². The van der Waals surface area contributed by atoms with Crippen molar-refractivity contribution < 1.29 is 0 Å². The zero-order chi connectivity index (χ0) is 28.2. The van der Waals surface area contributed by atoms with E-state index in [-0.39, 0.29) is 0 Å². The first-order valence-corrected chi connectivity index (χ1v) is 14.4. The SMILES string of the molecule is CCc1cc(N(c2ccc(C)cc2)c2ccc(C)cc2)c(CC)cc1N(c1ccc(C)cc1)c1ccc(C)cc1. The Bertz CT molecular complexity index is 1350. The number of hydrogen-bond acceptors (Lipinski definition) is 2. The van der Waals surface area contributed by atoms with Crippen molar-refractivity contribution in [1.29, 1.82) is 0 Å². The molecule has 0 spiro atoms. The van der Waals surface area contributed by atoms with Crippen LogP contribution in [0.3, 0.4) is 0 Å². The van der Waals surface area contributed by atoms with Crippen LogP contribution < -0.4 is 9.80 Å². The van der Waals surface area contributed by atoms with Crippen LogP contribution in [0.25, 0.3) is 0 Å². The topological polar surface area (TPSA) is 6.48 Å². The summed E-state index contributed by atoms with van der Waals surface area (Å²) in [5.41, 5.74) is 14.9. The van der Waals surface area contributed by atoms with E-state index in [1.54, 1.807) is 0 Å². The predicted molar refractivity (Wildman–Crippen MR) is 174 cm³/mol. The van der Waals surface area contributed by atoms with Gasteiger partial charge in [-0.05, 0) is 112 Å². The lowest BCUT2D eigenvalue weighted by Gasteiger charge is -2.32. The normalized spacial score (nSPS) is 10.9. The van der Waals surface area contributed by atoms with Gasteiger partial charge in [0, 0.05) is 34.1 Å². The lowest BCUT2D eigenvalue weighted by atomic mass is 9.98. The first-order chi connectivity index (χ1) is 19.4. The van der Waals surface area contributed by atoms with Crippen molar-refractivity contribution in [1.82, 2.24) is 0 Å². The third kappa shape index (κ3) is 5.67. The molecule has 5 rings (SSSR count). The summed E-state index contributed by atoms with van der Waals surface area (Å²) in [5, 5.41) is 0. The molecule has 0 saturated carbocycles. The van der Waals surface area contributed by atoms with Gasteiger partial charge in [0.1, 0.15) is 0 Å². The zero-order valence-electron chi connectivity index (χ0n) is 24.7. The quantitative estimate of drug-likeness (QED) is 0.199. The molecular formula is C38H40N2. The number of benzene rings is 5. The van der Waals surface area contributed by atoms with E-state index in [1.165, 1.54) is 67.5 Å². The van der Waals surface area contributed by atoms with Gasteiger partial charge in [-0.2, -0.15) is 0 Å². The molecule has 0 heterocycles. The van der Waals surface area contributed by atoms with Gasteiger partial charge in [0.2, 0.25) is 0 Å². The van der Waals surface area contributed by atoms with Crippen molar-refractivity contribution in [2.24, 2.45) is 0 Å². The average molecular weight is 525 g/mol. The van der Waals surface area contributed by atoms with E-state index in [9.17, 15) is 0 Å². The molecule has 0 aliphatic carbocycles. The highest BCUT2D eigenvalue weighted by Gasteiger charge is 2.22. The summed E-state index contributed by atoms with van der Waals surface area (Å²) in [6, 6.07) is 40.3. The van der Waals surface area contributed by atoms with Gasteiger partial charge >= 0.3 is 0 Å². The van der Waals surface area contributed by atoms with Crippen molar-refractivity contribution >= 4 is 34.1 Å². The van der Waals surface area contributed by atoms with E-state index in [2.05, 4.69) is 161 Å². The second-order valence-electron chi connectivity index (χ2n) is 10.8. The summed E-state index contributed by atoms with van der Waals surface area (Å²) in [7, 11) is 0. The molecule has 0 radical (unpaired) electrons. The fourth-order valence-electron chi connectivity index (χ4n) is 5.28. The Labute approximate surface area is 240 Å². The smallest absolute Gasteiger partial charge is 0.0497 e. The highest BCUT2D eigenvalue weighted by molar-refractivity contribution is 5.85. The van der Waals surface area contributed by atoms with Gasteiger partial charge in [0.25, 0.3) is 0 Å². The highest BCUT2D eigenvalue weighted by Crippen LogP contribution is 2.44. The molecule has 0 saturated heterocycles. The maximum absolute atomic E-state index is 2.42. The molecule has 2 heteroatoms. The number of anilines is 6. The molecule has 0 unspecified atom stereocenters. The molecule has 0 N–H and O–H groups in total. The maximum Gasteiger partial charge on any atom is 0.0497 e. The lowest BCUT2D eigenvalue weighted by molar-refractivity contribution is 1.07. The first kappa shape index (κ1) is 27.3. The molecule has 0 atom stereocenters. The first-order valence-electron chi connectivity index (χ1n) is 14.4. The average Bonchev–Trinajstić information content (AvgIpc) is 2.97. The third-order valence-corrected chi connectivity index (χ3v) is 7.69. The van der Waals surface area contributed by atoms with Gasteiger partial charge in [0.05, 0.1) is 0 Å². The van der Waals surface area contributed by atoms with Crippen LogP contribution in [0.15, 0.2) is 109 Å². The second kappa shape index (κ2) is 11.8. The number of rotatable bonds is 8. The zero-order valence-corrected chi connectivity index (χ0v) is 24.7. The Hall–Kier alpha value is -4.30. The van der Waals surface area contributed by atoms with E-state index in [0.717, 1.165) is 12.8 Å². The molecule has 2 nitrogen and oxygen atoms in total. The Balaban J connectivity index is 1.73. The highest BCUT2D eigenvalue weighted by atomic mass is 15.2. The van der Waals surface area contributed by atoms with E-state index >= 15 is 0 Å². The standard InChI is InChI=1S/C38H40N2/c1-7-31-25-38(40(35-21-13-29(5)14-22-35)36-23-15-30(6)16-24-36)32(8-2)26-37(31)39(33-17-9-27(3)10-18-33)34-19-11-28(4)12-20-34/h9-26H,7-8H2,1-6H3. The van der Waals surface area contributed by atoms with Crippen molar-refractivity contribution in [2.45, 2.75) is 54.4 Å². The van der Waals surface area contributed by atoms with Crippen LogP contribution in [0.2, 0.25) is 0 Å². The monoisotopic (exact) mass is 524 g/mol. The molecular weight excluding hydrogens is 484 g/mol. The number of aryl methyl sites for hydroxylation is 6. The maximum atomic E-state index is 2.42. The molecule has 5 aromatic carbocycles. The Morgan fingerprint density at radius 1 is 0.375 bits per heavy atom. The van der Waals surface area contributed by atoms with Gasteiger partial charge in [-0.15, -0.1) is 0 Å². The van der Waals surface area contributed by atoms with Crippen LogP contribution in [0.4, 0.5) is 34.1 Å². The summed E-state index contributed by atoms with van der Waals surface area (Å²) in [6.45, 7) is 13.1. The summed E-state index contributed by atoms with van der Waals surface area (Å²) >= 11 is 0. The Morgan fingerprint density at radius 3 is 0.800 bits per heavy atom. The molecule has 0 amide bonds. The molecule has 40 heavy (non-hydrogen) atoms. The van der Waals surface area contributed by atoms with Crippen molar-refractivity contribution in [2.75, 3.05) is 9.80 Å². The Morgan fingerprint density at radius 2 is 0.600 bits per heavy atom. The molecule has 0 fully saturated rings. The minimum atomic E-state index is 0.927. The van der Waals surface area contributed by atoms with Crippen LogP contribution in [0.5, 0.6) is 0 Å². The van der Waals surface area contributed by atoms with Gasteiger partial charge in [-0.3, -0.25) is 0 Å². The van der Waals surface area contributed by atoms with E-state index in [1.807, 2.05) is 0 Å². The summed E-state index contributed by atoms with van der Waals surface area (Å²) in [5.74, 6) is 0. The van der Waals surface area contributed by atoms with Crippen LogP contribution in [-0.4, -0.2) is 0 Å². The van der Waals surface area contributed by atoms with Gasteiger partial charge in [-0.1, -0.05) is 84.6 Å². The second-order valence-corrected chi connectivity index (χ2v) is 10.8. The summed E-state index contributed by atoms with van der Waals surface area (Å²) in [6.07, 6.45) is 1.85. The lowest BCUT2D eigenvalue weighted by Crippen LogP contribution is -2.16.